The summed E-state index contributed by atoms with van der Waals surface area (Å²) in [5.74, 6) is -0.798. The number of amides is 1. The maximum absolute atomic E-state index is 12.7. The number of benzene rings is 1. The van der Waals surface area contributed by atoms with E-state index in [2.05, 4.69) is 19.1 Å². The van der Waals surface area contributed by atoms with Crippen LogP contribution in [0.3, 0.4) is 0 Å². The molecule has 0 bridgehead atoms. The van der Waals surface area contributed by atoms with E-state index >= 15 is 0 Å². The van der Waals surface area contributed by atoms with Gasteiger partial charge in [0.2, 0.25) is 5.91 Å². The summed E-state index contributed by atoms with van der Waals surface area (Å²) in [7, 11) is 0. The Morgan fingerprint density at radius 3 is 2.52 bits per heavy atom. The first-order valence-corrected chi connectivity index (χ1v) is 8.81. The molecule has 1 amide bonds. The van der Waals surface area contributed by atoms with Crippen LogP contribution in [0, 0.1) is 6.92 Å². The maximum atomic E-state index is 12.7. The van der Waals surface area contributed by atoms with Gasteiger partial charge in [0.25, 0.3) is 0 Å². The highest BCUT2D eigenvalue weighted by atomic mass is 35.5. The van der Waals surface area contributed by atoms with Gasteiger partial charge in [-0.3, -0.25) is 14.5 Å². The molecule has 1 unspecified atom stereocenters. The van der Waals surface area contributed by atoms with Crippen molar-refractivity contribution in [3.05, 3.63) is 35.4 Å². The van der Waals surface area contributed by atoms with Crippen molar-refractivity contribution in [2.24, 2.45) is 0 Å². The van der Waals surface area contributed by atoms with Gasteiger partial charge in [-0.25, -0.2) is 0 Å². The number of aliphatic carboxylic acids is 1. The van der Waals surface area contributed by atoms with Crippen LogP contribution in [-0.2, 0) is 16.1 Å². The van der Waals surface area contributed by atoms with Crippen LogP contribution in [0.25, 0.3) is 0 Å². The molecule has 0 radical (unpaired) electrons. The molecular weight excluding hydrogens is 340 g/mol. The molecule has 5 nitrogen and oxygen atoms in total. The Kier molecular flexibility index (Phi) is 8.93. The third-order valence-electron chi connectivity index (χ3n) is 4.58. The molecule has 1 aromatic rings. The summed E-state index contributed by atoms with van der Waals surface area (Å²) in [5.41, 5.74) is 2.31. The lowest BCUT2D eigenvalue weighted by Crippen LogP contribution is -2.49. The predicted octanol–water partition coefficient (Wildman–Crippen LogP) is 3.09. The fraction of sp³-hybridized carbons (Fsp3) is 0.579. The van der Waals surface area contributed by atoms with Crippen LogP contribution >= 0.6 is 12.4 Å². The van der Waals surface area contributed by atoms with E-state index in [1.54, 1.807) is 0 Å². The first-order chi connectivity index (χ1) is 11.5. The van der Waals surface area contributed by atoms with Crippen LogP contribution < -0.4 is 0 Å². The van der Waals surface area contributed by atoms with Crippen LogP contribution in [0.1, 0.15) is 43.7 Å². The van der Waals surface area contributed by atoms with Crippen molar-refractivity contribution in [2.75, 3.05) is 19.6 Å². The summed E-state index contributed by atoms with van der Waals surface area (Å²) in [6, 6.07) is 7.67. The second kappa shape index (κ2) is 10.4. The van der Waals surface area contributed by atoms with Gasteiger partial charge in [0, 0.05) is 13.1 Å². The first-order valence-electron chi connectivity index (χ1n) is 8.81. The predicted molar refractivity (Wildman–Crippen MR) is 101 cm³/mol. The molecule has 140 valence electrons. The molecule has 0 aromatic heterocycles. The topological polar surface area (TPSA) is 60.9 Å². The summed E-state index contributed by atoms with van der Waals surface area (Å²) < 4.78 is 0. The molecule has 25 heavy (non-hydrogen) atoms. The van der Waals surface area contributed by atoms with Crippen molar-refractivity contribution in [1.29, 1.82) is 0 Å². The van der Waals surface area contributed by atoms with Gasteiger partial charge in [-0.2, -0.15) is 0 Å². The molecule has 1 atom stereocenters. The highest BCUT2D eigenvalue weighted by Gasteiger charge is 2.30. The summed E-state index contributed by atoms with van der Waals surface area (Å²) in [6.45, 7) is 6.25. The number of carboxylic acid groups (broad SMARTS) is 1. The summed E-state index contributed by atoms with van der Waals surface area (Å²) in [4.78, 5) is 27.8. The van der Waals surface area contributed by atoms with Crippen LogP contribution in [0.2, 0.25) is 0 Å². The van der Waals surface area contributed by atoms with Gasteiger partial charge in [-0.05, 0) is 38.3 Å². The molecule has 0 aliphatic carbocycles. The molecule has 0 saturated carbocycles. The van der Waals surface area contributed by atoms with Gasteiger partial charge in [0.1, 0.15) is 6.04 Å². The van der Waals surface area contributed by atoms with E-state index in [1.807, 2.05) is 28.9 Å². The number of aryl methyl sites for hydroxylation is 1. The highest BCUT2D eigenvalue weighted by molar-refractivity contribution is 5.85. The van der Waals surface area contributed by atoms with Crippen molar-refractivity contribution in [2.45, 2.75) is 52.1 Å². The quantitative estimate of drug-likeness (QED) is 0.803. The fourth-order valence-electron chi connectivity index (χ4n) is 3.21. The van der Waals surface area contributed by atoms with E-state index < -0.39 is 12.0 Å². The Labute approximate surface area is 156 Å². The maximum Gasteiger partial charge on any atom is 0.320 e. The van der Waals surface area contributed by atoms with E-state index in [9.17, 15) is 14.7 Å². The molecule has 1 aromatic carbocycles. The normalized spacial score (nSPS) is 17.6. The van der Waals surface area contributed by atoms with Gasteiger partial charge in [0.05, 0.1) is 6.54 Å². The van der Waals surface area contributed by atoms with Gasteiger partial charge in [0.15, 0.2) is 0 Å². The second-order valence-corrected chi connectivity index (χ2v) is 6.62. The molecule has 1 heterocycles. The molecular formula is C19H29ClN2O3. The minimum absolute atomic E-state index is 0. The van der Waals surface area contributed by atoms with Crippen LogP contribution in [-0.4, -0.2) is 52.5 Å². The number of likely N-dealkylation sites (tertiary alicyclic amines) is 1. The smallest absolute Gasteiger partial charge is 0.320 e. The number of halogens is 1. The summed E-state index contributed by atoms with van der Waals surface area (Å²) >= 11 is 0. The van der Waals surface area contributed by atoms with Crippen LogP contribution in [0.4, 0.5) is 0 Å². The van der Waals surface area contributed by atoms with Crippen LogP contribution in [0.15, 0.2) is 24.3 Å². The lowest BCUT2D eigenvalue weighted by atomic mass is 10.0. The van der Waals surface area contributed by atoms with Crippen molar-refractivity contribution in [3.8, 4) is 0 Å². The molecule has 6 heteroatoms. The molecule has 1 fully saturated rings. The Balaban J connectivity index is 0.00000312. The number of carbonyl (C=O) groups is 2. The highest BCUT2D eigenvalue weighted by Crippen LogP contribution is 2.18. The van der Waals surface area contributed by atoms with E-state index in [4.69, 9.17) is 0 Å². The lowest BCUT2D eigenvalue weighted by Gasteiger charge is -2.34. The van der Waals surface area contributed by atoms with Crippen LogP contribution in [0.5, 0.6) is 0 Å². The van der Waals surface area contributed by atoms with Gasteiger partial charge in [-0.1, -0.05) is 43.2 Å². The van der Waals surface area contributed by atoms with E-state index in [0.717, 1.165) is 24.8 Å². The zero-order valence-electron chi connectivity index (χ0n) is 15.1. The van der Waals surface area contributed by atoms with Gasteiger partial charge >= 0.3 is 5.97 Å². The Morgan fingerprint density at radius 1 is 1.24 bits per heavy atom. The van der Waals surface area contributed by atoms with E-state index in [0.29, 0.717) is 26.1 Å². The third-order valence-corrected chi connectivity index (χ3v) is 4.58. The number of hydrogen-bond acceptors (Lipinski definition) is 3. The number of nitrogens with zero attached hydrogens (tertiary/aromatic N) is 2. The van der Waals surface area contributed by atoms with Crippen molar-refractivity contribution in [1.82, 2.24) is 9.80 Å². The second-order valence-electron chi connectivity index (χ2n) is 6.62. The van der Waals surface area contributed by atoms with E-state index in [-0.39, 0.29) is 24.9 Å². The van der Waals surface area contributed by atoms with Crippen molar-refractivity contribution >= 4 is 24.3 Å². The zero-order chi connectivity index (χ0) is 17.5. The minimum Gasteiger partial charge on any atom is -0.480 e. The zero-order valence-corrected chi connectivity index (χ0v) is 15.9. The van der Waals surface area contributed by atoms with E-state index in [1.165, 1.54) is 5.56 Å². The average molecular weight is 369 g/mol. The average Bonchev–Trinajstić information content (AvgIpc) is 2.56. The number of hydrogen-bond donors (Lipinski definition) is 1. The van der Waals surface area contributed by atoms with Gasteiger partial charge < -0.3 is 10.0 Å². The summed E-state index contributed by atoms with van der Waals surface area (Å²) in [5, 5.41) is 9.36. The monoisotopic (exact) mass is 368 g/mol. The molecule has 1 saturated heterocycles. The minimum atomic E-state index is -0.817. The number of rotatable bonds is 7. The molecule has 1 aliphatic heterocycles. The number of carbonyl (C=O) groups excluding carboxylic acids is 1. The SMILES string of the molecule is CCCN(Cc1ccc(C)cc1)C(=O)CN1CCCCC1C(=O)O.Cl. The van der Waals surface area contributed by atoms with Gasteiger partial charge in [-0.15, -0.1) is 12.4 Å². The largest absolute Gasteiger partial charge is 0.480 e. The molecule has 1 N–H and O–H groups in total. The number of piperidine rings is 1. The lowest BCUT2D eigenvalue weighted by molar-refractivity contribution is -0.146. The fourth-order valence-corrected chi connectivity index (χ4v) is 3.21. The van der Waals surface area contributed by atoms with Crippen molar-refractivity contribution in [3.63, 3.8) is 0 Å². The van der Waals surface area contributed by atoms with Crippen molar-refractivity contribution < 1.29 is 14.7 Å². The third kappa shape index (κ3) is 6.33. The Hall–Kier alpha value is -1.59. The first kappa shape index (κ1) is 21.5. The Morgan fingerprint density at radius 2 is 1.92 bits per heavy atom. The molecule has 0 spiro atoms. The number of carboxylic acids is 1. The standard InChI is InChI=1S/C19H28N2O3.ClH/c1-3-11-21(13-16-9-7-15(2)8-10-16)18(22)14-20-12-5-4-6-17(20)19(23)24;/h7-10,17H,3-6,11-14H2,1-2H3,(H,23,24);1H. The molecule has 1 aliphatic rings. The molecule has 2 rings (SSSR count). The Bertz CT molecular complexity index is 562. The summed E-state index contributed by atoms with van der Waals surface area (Å²) in [6.07, 6.45) is 3.40.